The third-order valence-electron chi connectivity index (χ3n) is 3.57. The van der Waals surface area contributed by atoms with Crippen LogP contribution in [0.5, 0.6) is 0 Å². The van der Waals surface area contributed by atoms with Crippen molar-refractivity contribution in [1.29, 1.82) is 0 Å². The number of nitrogens with zero attached hydrogens (tertiary/aromatic N) is 3. The molecule has 0 atom stereocenters. The minimum atomic E-state index is -0.273. The molecule has 0 radical (unpaired) electrons. The van der Waals surface area contributed by atoms with Crippen LogP contribution in [0, 0.1) is 0 Å². The van der Waals surface area contributed by atoms with E-state index in [4.69, 9.17) is 11.6 Å². The Labute approximate surface area is 145 Å². The van der Waals surface area contributed by atoms with Gasteiger partial charge in [0.25, 0.3) is 5.91 Å². The normalized spacial score (nSPS) is 10.8. The SMILES string of the molecule is CC(C)c1c(C(=O)Nc2ccccc2)nnn1-c1ccc(Cl)cc1. The molecular weight excluding hydrogens is 324 g/mol. The topological polar surface area (TPSA) is 59.8 Å². The summed E-state index contributed by atoms with van der Waals surface area (Å²) in [4.78, 5) is 12.6. The molecule has 0 fully saturated rings. The van der Waals surface area contributed by atoms with Gasteiger partial charge in [0.15, 0.2) is 5.69 Å². The van der Waals surface area contributed by atoms with Crippen LogP contribution >= 0.6 is 11.6 Å². The van der Waals surface area contributed by atoms with Gasteiger partial charge in [-0.25, -0.2) is 4.68 Å². The Kier molecular flexibility index (Phi) is 4.62. The molecule has 0 unspecified atom stereocenters. The predicted octanol–water partition coefficient (Wildman–Crippen LogP) is 4.30. The first-order valence-corrected chi connectivity index (χ1v) is 8.02. The summed E-state index contributed by atoms with van der Waals surface area (Å²) in [6, 6.07) is 16.6. The molecule has 0 aliphatic rings. The summed E-state index contributed by atoms with van der Waals surface area (Å²) >= 11 is 5.94. The first-order chi connectivity index (χ1) is 11.6. The van der Waals surface area contributed by atoms with Crippen LogP contribution in [0.2, 0.25) is 5.02 Å². The number of hydrogen-bond acceptors (Lipinski definition) is 3. The van der Waals surface area contributed by atoms with Gasteiger partial charge in [0, 0.05) is 10.7 Å². The quantitative estimate of drug-likeness (QED) is 0.770. The summed E-state index contributed by atoms with van der Waals surface area (Å²) in [5.74, 6) is -0.197. The highest BCUT2D eigenvalue weighted by atomic mass is 35.5. The lowest BCUT2D eigenvalue weighted by Gasteiger charge is -2.11. The Hall–Kier alpha value is -2.66. The molecule has 122 valence electrons. The van der Waals surface area contributed by atoms with Gasteiger partial charge in [0.2, 0.25) is 0 Å². The maximum atomic E-state index is 12.6. The largest absolute Gasteiger partial charge is 0.321 e. The Morgan fingerprint density at radius 3 is 2.38 bits per heavy atom. The lowest BCUT2D eigenvalue weighted by molar-refractivity contribution is 0.102. The van der Waals surface area contributed by atoms with Gasteiger partial charge >= 0.3 is 0 Å². The molecule has 3 aromatic rings. The van der Waals surface area contributed by atoms with Gasteiger partial charge in [-0.15, -0.1) is 5.10 Å². The van der Waals surface area contributed by atoms with Crippen molar-refractivity contribution in [3.05, 3.63) is 71.0 Å². The first kappa shape index (κ1) is 16.2. The second-order valence-corrected chi connectivity index (χ2v) is 6.12. The molecule has 24 heavy (non-hydrogen) atoms. The average molecular weight is 341 g/mol. The number of hydrogen-bond donors (Lipinski definition) is 1. The Morgan fingerprint density at radius 1 is 1.08 bits per heavy atom. The van der Waals surface area contributed by atoms with Gasteiger partial charge in [-0.2, -0.15) is 0 Å². The van der Waals surface area contributed by atoms with Gasteiger partial charge in [0.1, 0.15) is 0 Å². The van der Waals surface area contributed by atoms with Crippen molar-refractivity contribution < 1.29 is 4.79 Å². The van der Waals surface area contributed by atoms with Crippen molar-refractivity contribution in [3.63, 3.8) is 0 Å². The zero-order chi connectivity index (χ0) is 17.1. The highest BCUT2D eigenvalue weighted by molar-refractivity contribution is 6.30. The molecule has 0 saturated carbocycles. The number of nitrogens with one attached hydrogen (secondary N) is 1. The summed E-state index contributed by atoms with van der Waals surface area (Å²) < 4.78 is 1.68. The van der Waals surface area contributed by atoms with Crippen LogP contribution in [0.25, 0.3) is 5.69 Å². The second kappa shape index (κ2) is 6.84. The second-order valence-electron chi connectivity index (χ2n) is 5.69. The molecule has 1 amide bonds. The summed E-state index contributed by atoms with van der Waals surface area (Å²) in [5.41, 5.74) is 2.61. The molecule has 0 aliphatic carbocycles. The highest BCUT2D eigenvalue weighted by Crippen LogP contribution is 2.23. The van der Waals surface area contributed by atoms with Crippen molar-refractivity contribution >= 4 is 23.2 Å². The van der Waals surface area contributed by atoms with Crippen LogP contribution in [0.15, 0.2) is 54.6 Å². The predicted molar refractivity (Wildman–Crippen MR) is 94.9 cm³/mol. The number of carbonyl (C=O) groups is 1. The fourth-order valence-corrected chi connectivity index (χ4v) is 2.58. The van der Waals surface area contributed by atoms with E-state index in [-0.39, 0.29) is 11.8 Å². The fraction of sp³-hybridized carbons (Fsp3) is 0.167. The zero-order valence-corrected chi connectivity index (χ0v) is 14.2. The van der Waals surface area contributed by atoms with Crippen molar-refractivity contribution in [2.75, 3.05) is 5.32 Å². The average Bonchev–Trinajstić information content (AvgIpc) is 3.02. The molecule has 0 aliphatic heterocycles. The van der Waals surface area contributed by atoms with Crippen LogP contribution in [-0.4, -0.2) is 20.9 Å². The van der Waals surface area contributed by atoms with Crippen LogP contribution < -0.4 is 5.32 Å². The summed E-state index contributed by atoms with van der Waals surface area (Å²) in [7, 11) is 0. The standard InChI is InChI=1S/C18H17ClN4O/c1-12(2)17-16(18(24)20-14-6-4-3-5-7-14)21-22-23(17)15-10-8-13(19)9-11-15/h3-12H,1-2H3,(H,20,24). The summed E-state index contributed by atoms with van der Waals surface area (Å²) in [6.07, 6.45) is 0. The van der Waals surface area contributed by atoms with Crippen LogP contribution in [-0.2, 0) is 0 Å². The summed E-state index contributed by atoms with van der Waals surface area (Å²) in [6.45, 7) is 4.01. The molecule has 0 saturated heterocycles. The minimum absolute atomic E-state index is 0.0761. The molecule has 5 nitrogen and oxygen atoms in total. The molecular formula is C18H17ClN4O. The number of benzene rings is 2. The number of aromatic nitrogens is 3. The van der Waals surface area contributed by atoms with Gasteiger partial charge in [-0.1, -0.05) is 48.9 Å². The monoisotopic (exact) mass is 340 g/mol. The smallest absolute Gasteiger partial charge is 0.278 e. The lowest BCUT2D eigenvalue weighted by atomic mass is 10.1. The van der Waals surface area contributed by atoms with Crippen molar-refractivity contribution in [2.45, 2.75) is 19.8 Å². The number of para-hydroxylation sites is 1. The number of halogens is 1. The molecule has 0 bridgehead atoms. The van der Waals surface area contributed by atoms with E-state index in [1.807, 2.05) is 56.3 Å². The van der Waals surface area contributed by atoms with Crippen molar-refractivity contribution in [1.82, 2.24) is 15.0 Å². The molecule has 2 aromatic carbocycles. The van der Waals surface area contributed by atoms with E-state index in [2.05, 4.69) is 15.6 Å². The van der Waals surface area contributed by atoms with Crippen LogP contribution in [0.4, 0.5) is 5.69 Å². The van der Waals surface area contributed by atoms with E-state index < -0.39 is 0 Å². The Balaban J connectivity index is 1.97. The van der Waals surface area contributed by atoms with E-state index in [9.17, 15) is 4.79 Å². The molecule has 1 heterocycles. The van der Waals surface area contributed by atoms with E-state index in [0.29, 0.717) is 10.7 Å². The van der Waals surface area contributed by atoms with Gasteiger partial charge in [0.05, 0.1) is 11.4 Å². The third kappa shape index (κ3) is 3.31. The van der Waals surface area contributed by atoms with Crippen LogP contribution in [0.1, 0.15) is 35.9 Å². The van der Waals surface area contributed by atoms with Crippen LogP contribution in [0.3, 0.4) is 0 Å². The van der Waals surface area contributed by atoms with Gasteiger partial charge in [-0.05, 0) is 42.3 Å². The fourth-order valence-electron chi connectivity index (χ4n) is 2.45. The van der Waals surface area contributed by atoms with E-state index in [0.717, 1.165) is 17.1 Å². The number of anilines is 1. The van der Waals surface area contributed by atoms with Crippen molar-refractivity contribution in [2.24, 2.45) is 0 Å². The molecule has 3 rings (SSSR count). The van der Waals surface area contributed by atoms with Gasteiger partial charge in [-0.3, -0.25) is 4.79 Å². The van der Waals surface area contributed by atoms with E-state index >= 15 is 0 Å². The third-order valence-corrected chi connectivity index (χ3v) is 3.82. The lowest BCUT2D eigenvalue weighted by Crippen LogP contribution is -2.16. The maximum absolute atomic E-state index is 12.6. The number of rotatable bonds is 4. The first-order valence-electron chi connectivity index (χ1n) is 7.64. The zero-order valence-electron chi connectivity index (χ0n) is 13.4. The molecule has 0 spiro atoms. The van der Waals surface area contributed by atoms with E-state index in [1.165, 1.54) is 0 Å². The number of carbonyl (C=O) groups excluding carboxylic acids is 1. The molecule has 1 aromatic heterocycles. The summed E-state index contributed by atoms with van der Waals surface area (Å²) in [5, 5.41) is 11.8. The molecule has 1 N–H and O–H groups in total. The Morgan fingerprint density at radius 2 is 1.75 bits per heavy atom. The van der Waals surface area contributed by atoms with E-state index in [1.54, 1.807) is 16.8 Å². The maximum Gasteiger partial charge on any atom is 0.278 e. The molecule has 6 heteroatoms. The van der Waals surface area contributed by atoms with Crippen molar-refractivity contribution in [3.8, 4) is 5.69 Å². The number of amides is 1. The van der Waals surface area contributed by atoms with Gasteiger partial charge < -0.3 is 5.32 Å². The Bertz CT molecular complexity index is 841. The minimum Gasteiger partial charge on any atom is -0.321 e. The highest BCUT2D eigenvalue weighted by Gasteiger charge is 2.23.